The van der Waals surface area contributed by atoms with Crippen LogP contribution in [0.15, 0.2) is 29.2 Å². The van der Waals surface area contributed by atoms with E-state index in [0.717, 1.165) is 0 Å². The van der Waals surface area contributed by atoms with Crippen molar-refractivity contribution in [1.82, 2.24) is 9.62 Å². The number of aliphatic carboxylic acids is 1. The van der Waals surface area contributed by atoms with Crippen molar-refractivity contribution < 1.29 is 23.1 Å². The Labute approximate surface area is 148 Å². The van der Waals surface area contributed by atoms with Crippen molar-refractivity contribution in [2.24, 2.45) is 5.92 Å². The summed E-state index contributed by atoms with van der Waals surface area (Å²) in [6.45, 7) is 4.15. The van der Waals surface area contributed by atoms with Gasteiger partial charge in [-0.1, -0.05) is 19.1 Å². The predicted octanol–water partition coefficient (Wildman–Crippen LogP) is 1.24. The van der Waals surface area contributed by atoms with Gasteiger partial charge in [0.25, 0.3) is 0 Å². The molecule has 1 aliphatic heterocycles. The van der Waals surface area contributed by atoms with Crippen LogP contribution in [0.5, 0.6) is 0 Å². The molecule has 2 N–H and O–H groups in total. The van der Waals surface area contributed by atoms with E-state index in [9.17, 15) is 18.0 Å². The number of sulfonamides is 1. The lowest BCUT2D eigenvalue weighted by atomic mass is 9.93. The first-order valence-corrected chi connectivity index (χ1v) is 9.83. The van der Waals surface area contributed by atoms with Crippen LogP contribution in [-0.4, -0.2) is 49.4 Å². The average Bonchev–Trinajstić information content (AvgIpc) is 2.55. The zero-order chi connectivity index (χ0) is 18.6. The van der Waals surface area contributed by atoms with Crippen LogP contribution in [0.25, 0.3) is 0 Å². The Morgan fingerprint density at radius 3 is 2.44 bits per heavy atom. The molecule has 138 valence electrons. The number of nitrogens with one attached hydrogen (secondary N) is 1. The van der Waals surface area contributed by atoms with Crippen molar-refractivity contribution in [2.45, 2.75) is 44.0 Å². The molecule has 25 heavy (non-hydrogen) atoms. The highest BCUT2D eigenvalue weighted by molar-refractivity contribution is 7.89. The Morgan fingerprint density at radius 1 is 1.24 bits per heavy atom. The van der Waals surface area contributed by atoms with Gasteiger partial charge in [0.05, 0.1) is 17.2 Å². The second-order valence-electron chi connectivity index (χ2n) is 6.33. The molecule has 1 aromatic rings. The number of benzene rings is 1. The lowest BCUT2D eigenvalue weighted by Crippen LogP contribution is -2.47. The van der Waals surface area contributed by atoms with Gasteiger partial charge in [-0.15, -0.1) is 0 Å². The number of hydrogen-bond donors (Lipinski definition) is 2. The summed E-state index contributed by atoms with van der Waals surface area (Å²) in [5.41, 5.74) is 0.699. The second kappa shape index (κ2) is 7.97. The first-order valence-electron chi connectivity index (χ1n) is 8.35. The quantitative estimate of drug-likeness (QED) is 0.786. The van der Waals surface area contributed by atoms with E-state index in [-0.39, 0.29) is 29.8 Å². The number of piperidine rings is 1. The molecule has 0 saturated carbocycles. The van der Waals surface area contributed by atoms with Crippen molar-refractivity contribution in [1.29, 1.82) is 0 Å². The van der Waals surface area contributed by atoms with Crippen LogP contribution < -0.4 is 4.72 Å². The summed E-state index contributed by atoms with van der Waals surface area (Å²) in [6, 6.07) is 6.19. The average molecular weight is 368 g/mol. The van der Waals surface area contributed by atoms with Crippen LogP contribution in [-0.2, 0) is 26.0 Å². The molecule has 2 rings (SSSR count). The number of nitrogens with zero attached hydrogens (tertiary/aromatic N) is 1. The Balaban J connectivity index is 2.06. The number of rotatable bonds is 6. The fraction of sp³-hybridized carbons (Fsp3) is 0.529. The molecule has 8 heteroatoms. The van der Waals surface area contributed by atoms with Crippen molar-refractivity contribution in [2.75, 3.05) is 13.1 Å². The van der Waals surface area contributed by atoms with E-state index in [1.54, 1.807) is 24.0 Å². The fourth-order valence-corrected chi connectivity index (χ4v) is 4.03. The standard InChI is InChI=1S/C17H24N2O5S/c1-3-18-25(23,24)15-8-5-13(6-9-15)10-16(20)19-11-14(17(21)22)7-4-12(19)2/h5-6,8-9,12,14,18H,3-4,7,10-11H2,1-2H3,(H,21,22). The van der Waals surface area contributed by atoms with Gasteiger partial charge in [0.2, 0.25) is 15.9 Å². The zero-order valence-corrected chi connectivity index (χ0v) is 15.3. The summed E-state index contributed by atoms with van der Waals surface area (Å²) in [4.78, 5) is 25.5. The van der Waals surface area contributed by atoms with E-state index >= 15 is 0 Å². The molecule has 1 heterocycles. The van der Waals surface area contributed by atoms with Gasteiger partial charge in [0, 0.05) is 19.1 Å². The number of likely N-dealkylation sites (tertiary alicyclic amines) is 1. The van der Waals surface area contributed by atoms with E-state index in [1.165, 1.54) is 12.1 Å². The molecular weight excluding hydrogens is 344 g/mol. The third-order valence-corrected chi connectivity index (χ3v) is 6.04. The molecule has 2 unspecified atom stereocenters. The maximum atomic E-state index is 12.5. The summed E-state index contributed by atoms with van der Waals surface area (Å²) in [5, 5.41) is 9.16. The van der Waals surface area contributed by atoms with E-state index in [4.69, 9.17) is 5.11 Å². The number of carboxylic acids is 1. The summed E-state index contributed by atoms with van der Waals surface area (Å²) in [5.74, 6) is -1.53. The molecule has 0 aliphatic carbocycles. The van der Waals surface area contributed by atoms with Crippen LogP contribution in [0.4, 0.5) is 0 Å². The molecule has 2 atom stereocenters. The Bertz CT molecular complexity index is 730. The van der Waals surface area contributed by atoms with Crippen molar-refractivity contribution in [3.63, 3.8) is 0 Å². The van der Waals surface area contributed by atoms with Gasteiger partial charge in [-0.25, -0.2) is 13.1 Å². The minimum atomic E-state index is -3.51. The molecule has 0 spiro atoms. The summed E-state index contributed by atoms with van der Waals surface area (Å²) < 4.78 is 26.2. The lowest BCUT2D eigenvalue weighted by molar-refractivity contribution is -0.147. The van der Waals surface area contributed by atoms with Gasteiger partial charge in [-0.3, -0.25) is 9.59 Å². The van der Waals surface area contributed by atoms with E-state index in [1.807, 2.05) is 6.92 Å². The molecule has 1 fully saturated rings. The first-order chi connectivity index (χ1) is 11.7. The Kier molecular flexibility index (Phi) is 6.18. The molecule has 1 saturated heterocycles. The van der Waals surface area contributed by atoms with Gasteiger partial charge in [-0.05, 0) is 37.5 Å². The maximum Gasteiger partial charge on any atom is 0.308 e. The normalized spacial score (nSPS) is 21.1. The van der Waals surface area contributed by atoms with E-state index < -0.39 is 21.9 Å². The Morgan fingerprint density at radius 2 is 1.88 bits per heavy atom. The molecule has 0 radical (unpaired) electrons. The SMILES string of the molecule is CCNS(=O)(=O)c1ccc(CC(=O)N2CC(C(=O)O)CCC2C)cc1. The molecule has 1 aromatic carbocycles. The highest BCUT2D eigenvalue weighted by Gasteiger charge is 2.32. The maximum absolute atomic E-state index is 12.5. The summed E-state index contributed by atoms with van der Waals surface area (Å²) in [6.07, 6.45) is 1.37. The number of hydrogen-bond acceptors (Lipinski definition) is 4. The minimum absolute atomic E-state index is 0.0107. The first kappa shape index (κ1) is 19.4. The van der Waals surface area contributed by atoms with Crippen molar-refractivity contribution >= 4 is 21.9 Å². The number of carboxylic acid groups (broad SMARTS) is 1. The number of carbonyl (C=O) groups is 2. The van der Waals surface area contributed by atoms with Crippen LogP contribution >= 0.6 is 0 Å². The van der Waals surface area contributed by atoms with Gasteiger partial charge in [0.1, 0.15) is 0 Å². The molecule has 7 nitrogen and oxygen atoms in total. The van der Waals surface area contributed by atoms with Gasteiger partial charge >= 0.3 is 5.97 Å². The van der Waals surface area contributed by atoms with Crippen molar-refractivity contribution in [3.8, 4) is 0 Å². The largest absolute Gasteiger partial charge is 0.481 e. The van der Waals surface area contributed by atoms with Crippen LogP contribution in [0.2, 0.25) is 0 Å². The predicted molar refractivity (Wildman–Crippen MR) is 92.5 cm³/mol. The lowest BCUT2D eigenvalue weighted by Gasteiger charge is -2.36. The highest BCUT2D eigenvalue weighted by Crippen LogP contribution is 2.23. The van der Waals surface area contributed by atoms with Gasteiger partial charge in [-0.2, -0.15) is 0 Å². The third kappa shape index (κ3) is 4.79. The zero-order valence-electron chi connectivity index (χ0n) is 14.4. The van der Waals surface area contributed by atoms with Crippen LogP contribution in [0, 0.1) is 5.92 Å². The minimum Gasteiger partial charge on any atom is -0.481 e. The highest BCUT2D eigenvalue weighted by atomic mass is 32.2. The second-order valence-corrected chi connectivity index (χ2v) is 8.10. The van der Waals surface area contributed by atoms with Crippen molar-refractivity contribution in [3.05, 3.63) is 29.8 Å². The third-order valence-electron chi connectivity index (χ3n) is 4.47. The molecule has 1 aliphatic rings. The summed E-state index contributed by atoms with van der Waals surface area (Å²) in [7, 11) is -3.51. The molecule has 0 aromatic heterocycles. The molecule has 1 amide bonds. The van der Waals surface area contributed by atoms with Gasteiger partial charge in [0.15, 0.2) is 0 Å². The van der Waals surface area contributed by atoms with Gasteiger partial charge < -0.3 is 10.0 Å². The number of carbonyl (C=O) groups excluding carboxylic acids is 1. The van der Waals surface area contributed by atoms with Crippen LogP contribution in [0.1, 0.15) is 32.3 Å². The van der Waals surface area contributed by atoms with E-state index in [0.29, 0.717) is 24.9 Å². The summed E-state index contributed by atoms with van der Waals surface area (Å²) >= 11 is 0. The van der Waals surface area contributed by atoms with Crippen LogP contribution in [0.3, 0.4) is 0 Å². The topological polar surface area (TPSA) is 104 Å². The fourth-order valence-electron chi connectivity index (χ4n) is 2.99. The molecule has 0 bridgehead atoms. The Hall–Kier alpha value is -1.93. The monoisotopic (exact) mass is 368 g/mol. The van der Waals surface area contributed by atoms with E-state index in [2.05, 4.69) is 4.72 Å². The molecular formula is C17H24N2O5S. The smallest absolute Gasteiger partial charge is 0.308 e. The number of amides is 1.